The molecule has 11 nitrogen and oxygen atoms in total. The second-order valence-electron chi connectivity index (χ2n) is 17.4. The molecule has 302 valence electrons. The molecule has 4 atom stereocenters. The van der Waals surface area contributed by atoms with E-state index in [9.17, 15) is 0 Å². The number of fused-ring (bicyclic) bond motifs is 2. The van der Waals surface area contributed by atoms with E-state index in [0.717, 1.165) is 51.4 Å². The number of hydrogen-bond acceptors (Lipinski definition) is 7. The van der Waals surface area contributed by atoms with E-state index >= 15 is 4.79 Å². The number of ether oxygens (including phenoxy) is 3. The lowest BCUT2D eigenvalue weighted by atomic mass is 9.91. The van der Waals surface area contributed by atoms with Crippen molar-refractivity contribution in [2.75, 3.05) is 6.61 Å². The van der Waals surface area contributed by atoms with Crippen molar-refractivity contribution in [2.45, 2.75) is 109 Å². The van der Waals surface area contributed by atoms with Crippen molar-refractivity contribution in [1.29, 1.82) is 0 Å². The largest absolute Gasteiger partial charge is 0.360 e. The lowest BCUT2D eigenvalue weighted by Gasteiger charge is -2.37. The maximum atomic E-state index is 15.7. The van der Waals surface area contributed by atoms with Crippen LogP contribution < -0.4 is 0 Å². The summed E-state index contributed by atoms with van der Waals surface area (Å²) in [7, 11) is -1.20. The van der Waals surface area contributed by atoms with Crippen molar-refractivity contribution in [1.82, 2.24) is 34.6 Å². The highest BCUT2D eigenvalue weighted by Gasteiger charge is 2.55. The van der Waals surface area contributed by atoms with Gasteiger partial charge in [-0.15, -0.1) is 0 Å². The quantitative estimate of drug-likeness (QED) is 0.0764. The molecule has 4 aromatic carbocycles. The summed E-state index contributed by atoms with van der Waals surface area (Å²) < 4.78 is 21.8. The zero-order chi connectivity index (χ0) is 40.3. The predicted octanol–water partition coefficient (Wildman–Crippen LogP) is 8.17. The monoisotopic (exact) mass is 797 g/mol. The Morgan fingerprint density at radius 1 is 0.672 bits per heavy atom. The van der Waals surface area contributed by atoms with Crippen LogP contribution in [-0.4, -0.2) is 85.4 Å². The molecule has 0 N–H and O–H groups in total. The van der Waals surface area contributed by atoms with Gasteiger partial charge in [-0.3, -0.25) is 0 Å². The van der Waals surface area contributed by atoms with Crippen LogP contribution in [-0.2, 0) is 53.4 Å². The Labute approximate surface area is 342 Å². The summed E-state index contributed by atoms with van der Waals surface area (Å²) in [5.74, 6) is -0.849. The van der Waals surface area contributed by atoms with Crippen LogP contribution in [0.25, 0.3) is 10.9 Å². The third-order valence-corrected chi connectivity index (χ3v) is 12.9. The van der Waals surface area contributed by atoms with Crippen molar-refractivity contribution < 1.29 is 19.0 Å². The Hall–Kier alpha value is -5.14. The third-order valence-electron chi connectivity index (χ3n) is 11.2. The second-order valence-corrected chi connectivity index (χ2v) is 23.0. The highest BCUT2D eigenvalue weighted by Crippen LogP contribution is 2.40. The summed E-state index contributed by atoms with van der Waals surface area (Å²) >= 11 is 0. The number of carbonyl (C=O) groups is 1. The van der Waals surface area contributed by atoms with E-state index < -0.39 is 26.1 Å². The Balaban J connectivity index is 1.17. The van der Waals surface area contributed by atoms with Gasteiger partial charge in [0.2, 0.25) is 0 Å². The van der Waals surface area contributed by atoms with E-state index in [-0.39, 0.29) is 18.1 Å². The smallest absolute Gasteiger partial charge is 0.321 e. The SMILES string of the molecule is CC1(C)O[C@@H]2[C@@H](O1)[C@@H](Cc1ccccc1)N(Cc1ccc3c(cnn3COCC[Si](C)(C)C)c1)C(=O)N(Cc1cccc(Cn3nccn3)c1)[C@@H]2Cc1ccccc1. The number of aromatic nitrogens is 5. The van der Waals surface area contributed by atoms with Crippen LogP contribution in [0.2, 0.25) is 25.7 Å². The molecule has 2 fully saturated rings. The van der Waals surface area contributed by atoms with Gasteiger partial charge in [0.15, 0.2) is 5.79 Å². The van der Waals surface area contributed by atoms with E-state index in [1.165, 1.54) is 0 Å². The predicted molar refractivity (Wildman–Crippen MR) is 228 cm³/mol. The fraction of sp³-hybridized carbons (Fsp3) is 0.391. The van der Waals surface area contributed by atoms with Gasteiger partial charge in [0, 0.05) is 33.2 Å². The van der Waals surface area contributed by atoms with Gasteiger partial charge in [0.25, 0.3) is 0 Å². The van der Waals surface area contributed by atoms with Gasteiger partial charge < -0.3 is 24.0 Å². The van der Waals surface area contributed by atoms with Crippen molar-refractivity contribution in [3.63, 3.8) is 0 Å². The zero-order valence-corrected chi connectivity index (χ0v) is 35.3. The van der Waals surface area contributed by atoms with Crippen LogP contribution >= 0.6 is 0 Å². The van der Waals surface area contributed by atoms with Crippen LogP contribution in [0.5, 0.6) is 0 Å². The van der Waals surface area contributed by atoms with Gasteiger partial charge in [0.1, 0.15) is 18.9 Å². The molecule has 2 saturated heterocycles. The molecule has 0 unspecified atom stereocenters. The first-order valence-electron chi connectivity index (χ1n) is 20.4. The third kappa shape index (κ3) is 9.42. The maximum Gasteiger partial charge on any atom is 0.321 e. The molecule has 2 aliphatic heterocycles. The first kappa shape index (κ1) is 39.7. The highest BCUT2D eigenvalue weighted by molar-refractivity contribution is 6.76. The molecule has 6 aromatic rings. The Kier molecular flexibility index (Phi) is 11.6. The van der Waals surface area contributed by atoms with Crippen molar-refractivity contribution in [2.24, 2.45) is 0 Å². The minimum Gasteiger partial charge on any atom is -0.360 e. The molecule has 0 radical (unpaired) electrons. The van der Waals surface area contributed by atoms with Gasteiger partial charge >= 0.3 is 6.03 Å². The highest BCUT2D eigenvalue weighted by atomic mass is 28.3. The molecule has 2 aliphatic rings. The van der Waals surface area contributed by atoms with Crippen LogP contribution in [0.15, 0.2) is 122 Å². The average molecular weight is 798 g/mol. The number of urea groups is 1. The molecule has 2 amide bonds. The van der Waals surface area contributed by atoms with Crippen LogP contribution in [0.3, 0.4) is 0 Å². The summed E-state index contributed by atoms with van der Waals surface area (Å²) in [6.45, 7) is 13.5. The molecular weight excluding hydrogens is 743 g/mol. The Morgan fingerprint density at radius 3 is 1.81 bits per heavy atom. The van der Waals surface area contributed by atoms with Crippen molar-refractivity contribution in [3.8, 4) is 0 Å². The molecule has 2 aromatic heterocycles. The minimum absolute atomic E-state index is 0.0491. The number of nitrogens with zero attached hydrogens (tertiary/aromatic N) is 7. The van der Waals surface area contributed by atoms with E-state index in [4.69, 9.17) is 14.2 Å². The van der Waals surface area contributed by atoms with Crippen LogP contribution in [0, 0.1) is 0 Å². The average Bonchev–Trinajstić information content (AvgIpc) is 3.94. The van der Waals surface area contributed by atoms with Crippen LogP contribution in [0.1, 0.15) is 41.7 Å². The minimum atomic E-state index is -1.20. The van der Waals surface area contributed by atoms with Gasteiger partial charge in [-0.1, -0.05) is 111 Å². The summed E-state index contributed by atoms with van der Waals surface area (Å²) in [6, 6.07) is 36.0. The first-order chi connectivity index (χ1) is 28.0. The van der Waals surface area contributed by atoms with Crippen molar-refractivity contribution >= 4 is 25.0 Å². The second kappa shape index (κ2) is 17.0. The molecule has 0 spiro atoms. The molecule has 8 rings (SSSR count). The van der Waals surface area contributed by atoms with E-state index in [0.29, 0.717) is 39.2 Å². The number of hydrogen-bond donors (Lipinski definition) is 0. The number of carbonyl (C=O) groups excluding carboxylic acids is 1. The molecule has 0 saturated carbocycles. The fourth-order valence-electron chi connectivity index (χ4n) is 8.32. The van der Waals surface area contributed by atoms with Gasteiger partial charge in [-0.2, -0.15) is 20.1 Å². The number of benzene rings is 4. The summed E-state index contributed by atoms with van der Waals surface area (Å²) in [5.41, 5.74) is 6.37. The summed E-state index contributed by atoms with van der Waals surface area (Å²) in [4.78, 5) is 21.4. The standard InChI is InChI=1S/C46H55N7O4Si/c1-46(2)56-43-41(27-34-13-8-6-9-14-34)50(30-36-17-12-18-37(25-36)32-53-47-21-22-48-53)45(54)51(42(44(43)57-46)28-35-15-10-7-11-16-35)31-38-19-20-40-39(26-38)29-49-52(40)33-55-23-24-58(3,4)5/h6-22,25-26,29,41-44H,23-24,27-28,30-33H2,1-5H3/t41-,42-,43+,44+/m1/s1. The summed E-state index contributed by atoms with van der Waals surface area (Å²) in [5, 5.41) is 14.3. The first-order valence-corrected chi connectivity index (χ1v) is 24.1. The fourth-order valence-corrected chi connectivity index (χ4v) is 9.08. The molecule has 12 heteroatoms. The zero-order valence-electron chi connectivity index (χ0n) is 34.3. The Morgan fingerprint density at radius 2 is 1.22 bits per heavy atom. The lowest BCUT2D eigenvalue weighted by Crippen LogP contribution is -2.51. The molecule has 0 bridgehead atoms. The van der Waals surface area contributed by atoms with E-state index in [1.807, 2.05) is 52.7 Å². The topological polar surface area (TPSA) is 99.8 Å². The lowest BCUT2D eigenvalue weighted by molar-refractivity contribution is -0.157. The van der Waals surface area contributed by atoms with Gasteiger partial charge in [-0.05, 0) is 72.7 Å². The van der Waals surface area contributed by atoms with E-state index in [2.05, 4.69) is 120 Å². The molecule has 0 aliphatic carbocycles. The van der Waals surface area contributed by atoms with Gasteiger partial charge in [-0.25, -0.2) is 9.48 Å². The van der Waals surface area contributed by atoms with Crippen molar-refractivity contribution in [3.05, 3.63) is 150 Å². The maximum absolute atomic E-state index is 15.7. The molecule has 58 heavy (non-hydrogen) atoms. The normalized spacial score (nSPS) is 20.7. The molecular formula is C46H55N7O4Si. The number of amides is 2. The Bertz CT molecular complexity index is 2280. The number of rotatable bonds is 15. The van der Waals surface area contributed by atoms with Gasteiger partial charge in [0.05, 0.1) is 42.7 Å². The summed E-state index contributed by atoms with van der Waals surface area (Å²) in [6.07, 6.45) is 5.70. The van der Waals surface area contributed by atoms with Crippen LogP contribution in [0.4, 0.5) is 4.79 Å². The molecule has 4 heterocycles. The van der Waals surface area contributed by atoms with E-state index in [1.54, 1.807) is 17.2 Å².